The Kier molecular flexibility index (Phi) is 4.24. The molecule has 0 aliphatic carbocycles. The predicted octanol–water partition coefficient (Wildman–Crippen LogP) is -0.364. The summed E-state index contributed by atoms with van der Waals surface area (Å²) in [7, 11) is -1.96. The minimum Gasteiger partial charge on any atom is -0.377 e. The van der Waals surface area contributed by atoms with E-state index in [0.29, 0.717) is 5.56 Å². The second-order valence-corrected chi connectivity index (χ2v) is 5.20. The van der Waals surface area contributed by atoms with Crippen LogP contribution in [0.1, 0.15) is 23.5 Å². The molecule has 2 aliphatic heterocycles. The summed E-state index contributed by atoms with van der Waals surface area (Å²) in [5.41, 5.74) is -1.87. The Hall–Kier alpha value is -2.47. The number of hydrogen-bond acceptors (Lipinski definition) is 10. The van der Waals surface area contributed by atoms with Crippen molar-refractivity contribution in [3.8, 4) is 0 Å². The maximum atomic E-state index is 12.4. The fourth-order valence-corrected chi connectivity index (χ4v) is 2.46. The number of hydrogen-bond donors (Lipinski definition) is 1. The number of carbonyl (C=O) groups is 3. The van der Waals surface area contributed by atoms with Gasteiger partial charge < -0.3 is 19.8 Å². The molecule has 1 aromatic carbocycles. The van der Waals surface area contributed by atoms with Crippen LogP contribution >= 0.6 is 0 Å². The van der Waals surface area contributed by atoms with Crippen molar-refractivity contribution in [3.63, 3.8) is 0 Å². The molecule has 3 rings (SSSR count). The average Bonchev–Trinajstić information content (AvgIpc) is 2.61. The topological polar surface area (TPSA) is 127 Å². The largest absolute Gasteiger partial charge is 0.754 e. The van der Waals surface area contributed by atoms with Crippen LogP contribution in [-0.2, 0) is 43.5 Å². The Morgan fingerprint density at radius 1 is 1.08 bits per heavy atom. The van der Waals surface area contributed by atoms with E-state index in [1.165, 1.54) is 6.07 Å². The van der Waals surface area contributed by atoms with E-state index in [1.54, 1.807) is 25.1 Å². The van der Waals surface area contributed by atoms with Crippen molar-refractivity contribution in [2.24, 2.45) is 0 Å². The summed E-state index contributed by atoms with van der Waals surface area (Å²) in [5, 5.41) is 10.8. The Morgan fingerprint density at radius 2 is 1.75 bits per heavy atom. The van der Waals surface area contributed by atoms with Crippen molar-refractivity contribution >= 4 is 25.2 Å². The van der Waals surface area contributed by atoms with E-state index in [0.717, 1.165) is 0 Å². The van der Waals surface area contributed by atoms with Crippen LogP contribution in [0.2, 0.25) is 0 Å². The summed E-state index contributed by atoms with van der Waals surface area (Å²) in [6.07, 6.45) is -0.935. The third kappa shape index (κ3) is 2.85. The van der Waals surface area contributed by atoms with Crippen molar-refractivity contribution in [1.82, 2.24) is 0 Å². The van der Waals surface area contributed by atoms with Gasteiger partial charge in [-0.2, -0.15) is 14.4 Å². The van der Waals surface area contributed by atoms with Gasteiger partial charge in [-0.15, -0.1) is 0 Å². The first-order valence-corrected chi connectivity index (χ1v) is 6.81. The van der Waals surface area contributed by atoms with E-state index in [4.69, 9.17) is 0 Å². The highest BCUT2D eigenvalue weighted by molar-refractivity contribution is 6.35. The number of fused-ring (bicyclic) bond motifs is 4. The summed E-state index contributed by atoms with van der Waals surface area (Å²) >= 11 is 0. The number of aliphatic hydroxyl groups is 1. The quantitative estimate of drug-likeness (QED) is 0.535. The average molecular weight is 338 g/mol. The first kappa shape index (κ1) is 16.4. The lowest BCUT2D eigenvalue weighted by Gasteiger charge is -2.30. The molecule has 1 N–H and O–H groups in total. The summed E-state index contributed by atoms with van der Waals surface area (Å²) in [6, 6.07) is 6.41. The van der Waals surface area contributed by atoms with E-state index in [1.807, 2.05) is 0 Å². The fraction of sp³-hybridized carbons (Fsp3) is 0.308. The van der Waals surface area contributed by atoms with Crippen LogP contribution in [0, 0.1) is 6.92 Å². The van der Waals surface area contributed by atoms with Crippen LogP contribution in [-0.4, -0.2) is 35.9 Å². The maximum absolute atomic E-state index is 12.4. The Morgan fingerprint density at radius 3 is 2.50 bits per heavy atom. The van der Waals surface area contributed by atoms with Crippen LogP contribution in [0.25, 0.3) is 0 Å². The molecule has 11 heteroatoms. The summed E-state index contributed by atoms with van der Waals surface area (Å²) in [6.45, 7) is 1.65. The van der Waals surface area contributed by atoms with Crippen LogP contribution in [0.5, 0.6) is 0 Å². The molecule has 0 aromatic heterocycles. The predicted molar refractivity (Wildman–Crippen MR) is 70.8 cm³/mol. The van der Waals surface area contributed by atoms with Crippen molar-refractivity contribution in [3.05, 3.63) is 35.4 Å². The molecule has 2 fully saturated rings. The maximum Gasteiger partial charge on any atom is 0.754 e. The van der Waals surface area contributed by atoms with Crippen molar-refractivity contribution in [2.45, 2.75) is 24.9 Å². The molecule has 2 saturated heterocycles. The smallest absolute Gasteiger partial charge is 0.377 e. The minimum absolute atomic E-state index is 0.235. The Labute approximate surface area is 135 Å². The highest BCUT2D eigenvalue weighted by Gasteiger charge is 2.57. The molecule has 0 amide bonds. The van der Waals surface area contributed by atoms with Gasteiger partial charge in [-0.1, -0.05) is 24.3 Å². The summed E-state index contributed by atoms with van der Waals surface area (Å²) in [4.78, 5) is 62.9. The molecule has 126 valence electrons. The SMILES string of the molecule is Cc1ccccc1C1C(=O)OOB2OOC(=O)CC1(O)C(=O)OO2. The van der Waals surface area contributed by atoms with Gasteiger partial charge in [0.15, 0.2) is 5.60 Å². The zero-order valence-electron chi connectivity index (χ0n) is 12.3. The molecule has 2 bridgehead atoms. The highest BCUT2D eigenvalue weighted by atomic mass is 17.3. The normalized spacial score (nSPS) is 27.8. The highest BCUT2D eigenvalue weighted by Crippen LogP contribution is 2.37. The van der Waals surface area contributed by atoms with Gasteiger partial charge in [0.25, 0.3) is 0 Å². The summed E-state index contributed by atoms with van der Waals surface area (Å²) < 4.78 is 0. The molecule has 10 nitrogen and oxygen atoms in total. The third-order valence-corrected chi connectivity index (χ3v) is 3.61. The lowest BCUT2D eigenvalue weighted by atomic mass is 9.78. The van der Waals surface area contributed by atoms with Crippen LogP contribution in [0.3, 0.4) is 0 Å². The van der Waals surface area contributed by atoms with E-state index in [2.05, 4.69) is 29.1 Å². The molecule has 0 radical (unpaired) electrons. The monoisotopic (exact) mass is 338 g/mol. The zero-order chi connectivity index (χ0) is 17.3. The second kappa shape index (κ2) is 6.21. The van der Waals surface area contributed by atoms with Crippen LogP contribution in [0.15, 0.2) is 24.3 Å². The lowest BCUT2D eigenvalue weighted by Crippen LogP contribution is -2.50. The molecule has 0 saturated carbocycles. The summed E-state index contributed by atoms with van der Waals surface area (Å²) in [5.74, 6) is -5.30. The molecule has 2 unspecified atom stereocenters. The van der Waals surface area contributed by atoms with E-state index < -0.39 is 43.2 Å². The molecule has 2 atom stereocenters. The fourth-order valence-electron chi connectivity index (χ4n) is 2.46. The molecule has 24 heavy (non-hydrogen) atoms. The van der Waals surface area contributed by atoms with Crippen LogP contribution < -0.4 is 0 Å². The molecule has 2 aliphatic rings. The lowest BCUT2D eigenvalue weighted by molar-refractivity contribution is -0.311. The van der Waals surface area contributed by atoms with Gasteiger partial charge in [-0.3, -0.25) is 0 Å². The molecule has 2 heterocycles. The van der Waals surface area contributed by atoms with Crippen LogP contribution in [0.4, 0.5) is 0 Å². The Bertz CT molecular complexity index is 691. The van der Waals surface area contributed by atoms with Gasteiger partial charge in [-0.25, -0.2) is 14.4 Å². The van der Waals surface area contributed by atoms with Gasteiger partial charge in [0.1, 0.15) is 5.92 Å². The van der Waals surface area contributed by atoms with E-state index >= 15 is 0 Å². The zero-order valence-corrected chi connectivity index (χ0v) is 12.3. The first-order valence-electron chi connectivity index (χ1n) is 6.81. The third-order valence-electron chi connectivity index (χ3n) is 3.61. The standard InChI is InChI=1S/C13H11BO10/c1-7-4-2-3-5-8(7)10-11(16)20-23-14-22-19-9(15)6-13(10,18)12(17)21-24-14/h2-5,10,18H,6H2,1H3. The number of benzene rings is 1. The minimum atomic E-state index is -2.66. The number of rotatable bonds is 1. The Balaban J connectivity index is 2.16. The van der Waals surface area contributed by atoms with Gasteiger partial charge in [0.2, 0.25) is 0 Å². The van der Waals surface area contributed by atoms with Crippen molar-refractivity contribution in [2.75, 3.05) is 0 Å². The van der Waals surface area contributed by atoms with Crippen molar-refractivity contribution < 1.29 is 48.6 Å². The first-order chi connectivity index (χ1) is 11.4. The van der Waals surface area contributed by atoms with Gasteiger partial charge >= 0.3 is 25.2 Å². The molecular formula is C13H11BO10. The van der Waals surface area contributed by atoms with E-state index in [9.17, 15) is 19.5 Å². The molecule has 0 spiro atoms. The number of aryl methyl sites for hydroxylation is 1. The van der Waals surface area contributed by atoms with Gasteiger partial charge in [0, 0.05) is 0 Å². The molecule has 1 aromatic rings. The number of carbonyl (C=O) groups excluding carboxylic acids is 3. The molecular weight excluding hydrogens is 327 g/mol. The van der Waals surface area contributed by atoms with E-state index in [-0.39, 0.29) is 5.56 Å². The van der Waals surface area contributed by atoms with Crippen molar-refractivity contribution in [1.29, 1.82) is 0 Å². The second-order valence-electron chi connectivity index (χ2n) is 5.20. The van der Waals surface area contributed by atoms with Gasteiger partial charge in [-0.05, 0) is 18.1 Å². The van der Waals surface area contributed by atoms with Gasteiger partial charge in [0.05, 0.1) is 6.42 Å².